The van der Waals surface area contributed by atoms with E-state index in [1.807, 2.05) is 0 Å². The number of carboxylic acids is 1. The summed E-state index contributed by atoms with van der Waals surface area (Å²) in [7, 11) is 0. The molecule has 0 fully saturated rings. The van der Waals surface area contributed by atoms with Gasteiger partial charge in [-0.15, -0.1) is 0 Å². The molecule has 0 aliphatic heterocycles. The van der Waals surface area contributed by atoms with Crippen molar-refractivity contribution in [3.63, 3.8) is 0 Å². The molecular weight excluding hydrogens is 367 g/mol. The van der Waals surface area contributed by atoms with Gasteiger partial charge in [-0.3, -0.25) is 4.79 Å². The maximum Gasteiger partial charge on any atom is 1.00 e. The van der Waals surface area contributed by atoms with E-state index in [1.54, 1.807) is 0 Å². The van der Waals surface area contributed by atoms with E-state index < -0.39 is 11.9 Å². The summed E-state index contributed by atoms with van der Waals surface area (Å²) < 4.78 is 4.98. The number of carbonyl (C=O) groups is 2. The molecule has 0 bridgehead atoms. The van der Waals surface area contributed by atoms with Gasteiger partial charge < -0.3 is 14.6 Å². The van der Waals surface area contributed by atoms with Crippen molar-refractivity contribution in [2.45, 2.75) is 122 Å². The molecule has 154 valence electrons. The van der Waals surface area contributed by atoms with Crippen LogP contribution in [0.15, 0.2) is 0 Å². The van der Waals surface area contributed by atoms with Crippen molar-refractivity contribution in [2.24, 2.45) is 0 Å². The zero-order valence-corrected chi connectivity index (χ0v) is 21.2. The Morgan fingerprint density at radius 2 is 1.00 bits per heavy atom. The molecule has 0 saturated carbocycles. The average Bonchev–Trinajstić information content (AvgIpc) is 2.62. The summed E-state index contributed by atoms with van der Waals surface area (Å²) in [6, 6.07) is 0. The zero-order chi connectivity index (χ0) is 19.3. The molecule has 0 radical (unpaired) electrons. The van der Waals surface area contributed by atoms with Gasteiger partial charge in [-0.25, -0.2) is 0 Å². The molecule has 0 amide bonds. The van der Waals surface area contributed by atoms with Crippen LogP contribution in [-0.4, -0.2) is 18.5 Å². The fourth-order valence-electron chi connectivity index (χ4n) is 3.11. The first-order chi connectivity index (χ1) is 12.7. The molecule has 0 heterocycles. The number of esters is 1. The maximum atomic E-state index is 11.2. The quantitative estimate of drug-likeness (QED) is 0.176. The van der Waals surface area contributed by atoms with Crippen molar-refractivity contribution in [2.75, 3.05) is 6.61 Å². The van der Waals surface area contributed by atoms with Gasteiger partial charge in [0.15, 0.2) is 0 Å². The Balaban J connectivity index is 0. The van der Waals surface area contributed by atoms with Gasteiger partial charge in [0.05, 0.1) is 13.0 Å². The SMILES string of the molecule is CCCCCCCCCCCCCCCCCCOC(=O)CCC(=O)[O-].[K+]. The number of hydrogen-bond acceptors (Lipinski definition) is 4. The third kappa shape index (κ3) is 26.6. The van der Waals surface area contributed by atoms with Gasteiger partial charge in [0, 0.05) is 5.97 Å². The van der Waals surface area contributed by atoms with E-state index in [4.69, 9.17) is 4.74 Å². The molecule has 0 N–H and O–H groups in total. The minimum absolute atomic E-state index is 0. The topological polar surface area (TPSA) is 66.4 Å². The van der Waals surface area contributed by atoms with Gasteiger partial charge in [0.25, 0.3) is 0 Å². The minimum atomic E-state index is -1.20. The number of aliphatic carboxylic acids is 1. The normalized spacial score (nSPS) is 10.4. The van der Waals surface area contributed by atoms with Crippen molar-refractivity contribution >= 4 is 11.9 Å². The van der Waals surface area contributed by atoms with Crippen LogP contribution in [-0.2, 0) is 14.3 Å². The molecule has 27 heavy (non-hydrogen) atoms. The minimum Gasteiger partial charge on any atom is -0.550 e. The number of hydrogen-bond donors (Lipinski definition) is 0. The molecule has 5 heteroatoms. The second-order valence-corrected chi connectivity index (χ2v) is 7.40. The van der Waals surface area contributed by atoms with Crippen molar-refractivity contribution in [3.8, 4) is 0 Å². The molecule has 4 nitrogen and oxygen atoms in total. The molecule has 0 atom stereocenters. The Hall–Kier alpha value is 0.576. The second-order valence-electron chi connectivity index (χ2n) is 7.40. The van der Waals surface area contributed by atoms with Crippen LogP contribution < -0.4 is 56.5 Å². The van der Waals surface area contributed by atoms with Crippen molar-refractivity contribution in [3.05, 3.63) is 0 Å². The summed E-state index contributed by atoms with van der Waals surface area (Å²) in [6.45, 7) is 2.67. The first-order valence-corrected chi connectivity index (χ1v) is 11.0. The van der Waals surface area contributed by atoms with Crippen molar-refractivity contribution in [1.82, 2.24) is 0 Å². The van der Waals surface area contributed by atoms with Crippen LogP contribution in [0.5, 0.6) is 0 Å². The van der Waals surface area contributed by atoms with Gasteiger partial charge in [-0.1, -0.05) is 103 Å². The largest absolute Gasteiger partial charge is 1.00 e. The summed E-state index contributed by atoms with van der Waals surface area (Å²) in [5, 5.41) is 10.2. The summed E-state index contributed by atoms with van der Waals surface area (Å²) in [6.07, 6.45) is 20.7. The fraction of sp³-hybridized carbons (Fsp3) is 0.909. The molecule has 0 unspecified atom stereocenters. The van der Waals surface area contributed by atoms with Crippen LogP contribution in [0.3, 0.4) is 0 Å². The molecule has 0 aromatic carbocycles. The Morgan fingerprint density at radius 1 is 0.630 bits per heavy atom. The third-order valence-electron chi connectivity index (χ3n) is 4.79. The molecule has 0 aliphatic rings. The summed E-state index contributed by atoms with van der Waals surface area (Å²) >= 11 is 0. The number of ether oxygens (including phenoxy) is 1. The van der Waals surface area contributed by atoms with Crippen LogP contribution in [0.25, 0.3) is 0 Å². The van der Waals surface area contributed by atoms with Crippen molar-refractivity contribution < 1.29 is 70.8 Å². The van der Waals surface area contributed by atoms with Crippen LogP contribution in [0.4, 0.5) is 0 Å². The third-order valence-corrected chi connectivity index (χ3v) is 4.79. The molecule has 0 aromatic heterocycles. The summed E-state index contributed by atoms with van der Waals surface area (Å²) in [5.74, 6) is -1.64. The average molecular weight is 409 g/mol. The number of unbranched alkanes of at least 4 members (excludes halogenated alkanes) is 15. The van der Waals surface area contributed by atoms with E-state index in [1.165, 1.54) is 89.9 Å². The molecule has 0 aromatic rings. The van der Waals surface area contributed by atoms with E-state index in [0.717, 1.165) is 12.8 Å². The number of carboxylic acid groups (broad SMARTS) is 1. The second kappa shape index (κ2) is 24.6. The first-order valence-electron chi connectivity index (χ1n) is 11.0. The smallest absolute Gasteiger partial charge is 0.550 e. The maximum absolute atomic E-state index is 11.2. The van der Waals surface area contributed by atoms with E-state index in [2.05, 4.69) is 6.92 Å². The van der Waals surface area contributed by atoms with Crippen LogP contribution in [0.2, 0.25) is 0 Å². The van der Waals surface area contributed by atoms with Crippen LogP contribution in [0.1, 0.15) is 122 Å². The van der Waals surface area contributed by atoms with Gasteiger partial charge in [-0.2, -0.15) is 0 Å². The van der Waals surface area contributed by atoms with E-state index in [9.17, 15) is 14.7 Å². The Kier molecular flexibility index (Phi) is 27.1. The van der Waals surface area contributed by atoms with Gasteiger partial charge in [0.1, 0.15) is 0 Å². The Bertz CT molecular complexity index is 334. The molecule has 0 spiro atoms. The van der Waals surface area contributed by atoms with E-state index >= 15 is 0 Å². The first kappa shape index (κ1) is 29.8. The fourth-order valence-corrected chi connectivity index (χ4v) is 3.11. The summed E-state index contributed by atoms with van der Waals surface area (Å²) in [5.41, 5.74) is 0. The van der Waals surface area contributed by atoms with Gasteiger partial charge in [-0.05, 0) is 12.8 Å². The van der Waals surface area contributed by atoms with Gasteiger partial charge >= 0.3 is 57.4 Å². The Labute approximate surface area is 210 Å². The molecule has 0 saturated heterocycles. The van der Waals surface area contributed by atoms with Crippen molar-refractivity contribution in [1.29, 1.82) is 0 Å². The molecular formula is C22H41KO4. The Morgan fingerprint density at radius 3 is 1.37 bits per heavy atom. The van der Waals surface area contributed by atoms with Crippen LogP contribution >= 0.6 is 0 Å². The van der Waals surface area contributed by atoms with Gasteiger partial charge in [0.2, 0.25) is 0 Å². The van der Waals surface area contributed by atoms with E-state index in [-0.39, 0.29) is 64.2 Å². The predicted octanol–water partition coefficient (Wildman–Crippen LogP) is 2.33. The summed E-state index contributed by atoms with van der Waals surface area (Å²) in [4.78, 5) is 21.4. The number of carbonyl (C=O) groups excluding carboxylic acids is 2. The predicted molar refractivity (Wildman–Crippen MR) is 105 cm³/mol. The monoisotopic (exact) mass is 408 g/mol. The van der Waals surface area contributed by atoms with Crippen LogP contribution in [0, 0.1) is 0 Å². The standard InChI is InChI=1S/C22H42O4.K/c1-2-3-4-5-6-7-8-9-10-11-12-13-14-15-16-17-20-26-22(25)19-18-21(23)24;/h2-20H2,1H3,(H,23,24);/q;+1/p-1. The number of rotatable bonds is 20. The molecule has 0 aliphatic carbocycles. The molecule has 0 rings (SSSR count). The van der Waals surface area contributed by atoms with E-state index in [0.29, 0.717) is 6.61 Å². The zero-order valence-electron chi connectivity index (χ0n) is 18.1.